The smallest absolute Gasteiger partial charge is 0.274 e. The third kappa shape index (κ3) is 3.41. The fourth-order valence-electron chi connectivity index (χ4n) is 3.29. The van der Waals surface area contributed by atoms with Gasteiger partial charge in [-0.2, -0.15) is 0 Å². The van der Waals surface area contributed by atoms with E-state index in [2.05, 4.69) is 12.2 Å². The van der Waals surface area contributed by atoms with E-state index in [9.17, 15) is 4.79 Å². The Labute approximate surface area is 164 Å². The summed E-state index contributed by atoms with van der Waals surface area (Å²) in [5.74, 6) is -0.169. The molecule has 2 aromatic heterocycles. The van der Waals surface area contributed by atoms with Gasteiger partial charge in [-0.3, -0.25) is 9.20 Å². The summed E-state index contributed by atoms with van der Waals surface area (Å²) in [5, 5.41) is 3.03. The number of nitrogens with one attached hydrogen (secondary N) is 1. The minimum atomic E-state index is -0.169. The van der Waals surface area contributed by atoms with Gasteiger partial charge in [0.2, 0.25) is 0 Å². The molecule has 4 rings (SSSR count). The van der Waals surface area contributed by atoms with E-state index >= 15 is 0 Å². The van der Waals surface area contributed by atoms with Crippen molar-refractivity contribution in [3.8, 4) is 11.3 Å². The maximum atomic E-state index is 13.2. The predicted molar refractivity (Wildman–Crippen MR) is 114 cm³/mol. The van der Waals surface area contributed by atoms with E-state index in [1.165, 1.54) is 11.1 Å². The molecule has 0 saturated heterocycles. The first-order valence-electron chi connectivity index (χ1n) is 9.51. The Hall–Kier alpha value is -3.40. The minimum Gasteiger partial charge on any atom is -0.321 e. The minimum absolute atomic E-state index is 0.169. The van der Waals surface area contributed by atoms with Gasteiger partial charge in [-0.05, 0) is 49.6 Å². The van der Waals surface area contributed by atoms with Crippen molar-refractivity contribution in [1.29, 1.82) is 0 Å². The van der Waals surface area contributed by atoms with E-state index in [0.29, 0.717) is 11.4 Å². The van der Waals surface area contributed by atoms with E-state index < -0.39 is 0 Å². The summed E-state index contributed by atoms with van der Waals surface area (Å²) in [6.07, 6.45) is 2.92. The lowest BCUT2D eigenvalue weighted by Gasteiger charge is -2.09. The van der Waals surface area contributed by atoms with E-state index in [1.807, 2.05) is 85.1 Å². The Morgan fingerprint density at radius 1 is 0.929 bits per heavy atom. The molecule has 2 heterocycles. The van der Waals surface area contributed by atoms with Gasteiger partial charge < -0.3 is 5.32 Å². The van der Waals surface area contributed by atoms with Crippen LogP contribution in [0, 0.1) is 13.8 Å². The number of imidazole rings is 1. The van der Waals surface area contributed by atoms with E-state index in [-0.39, 0.29) is 5.91 Å². The van der Waals surface area contributed by atoms with Crippen molar-refractivity contribution in [3.05, 3.63) is 89.2 Å². The highest BCUT2D eigenvalue weighted by Crippen LogP contribution is 2.26. The molecule has 0 aliphatic heterocycles. The first-order valence-corrected chi connectivity index (χ1v) is 9.51. The topological polar surface area (TPSA) is 46.4 Å². The standard InChI is InChI=1S/C24H23N3O/c1-4-18-8-12-20(13-9-18)25-24(28)23-22(19-10-5-16(2)6-11-19)26-21-14-7-17(3)15-27(21)23/h5-15H,4H2,1-3H3,(H,25,28). The van der Waals surface area contributed by atoms with E-state index in [1.54, 1.807) is 0 Å². The summed E-state index contributed by atoms with van der Waals surface area (Å²) in [6.45, 7) is 6.17. The summed E-state index contributed by atoms with van der Waals surface area (Å²) in [4.78, 5) is 18.0. The van der Waals surface area contributed by atoms with Gasteiger partial charge in [0.15, 0.2) is 0 Å². The fourth-order valence-corrected chi connectivity index (χ4v) is 3.29. The SMILES string of the molecule is CCc1ccc(NC(=O)c2c(-c3ccc(C)cc3)nc3ccc(C)cn23)cc1. The molecule has 140 valence electrons. The van der Waals surface area contributed by atoms with Crippen LogP contribution in [0.3, 0.4) is 0 Å². The summed E-state index contributed by atoms with van der Waals surface area (Å²) >= 11 is 0. The maximum absolute atomic E-state index is 13.2. The number of aryl methyl sites for hydroxylation is 3. The zero-order valence-corrected chi connectivity index (χ0v) is 16.4. The van der Waals surface area contributed by atoms with Gasteiger partial charge in [0.1, 0.15) is 17.0 Å². The molecule has 0 spiro atoms. The third-order valence-electron chi connectivity index (χ3n) is 4.93. The molecule has 0 aliphatic rings. The molecule has 0 radical (unpaired) electrons. The number of rotatable bonds is 4. The number of benzene rings is 2. The molecular formula is C24H23N3O. The molecule has 0 saturated carbocycles. The Morgan fingerprint density at radius 3 is 2.29 bits per heavy atom. The van der Waals surface area contributed by atoms with Crippen molar-refractivity contribution < 1.29 is 4.79 Å². The Balaban J connectivity index is 1.80. The molecule has 0 fully saturated rings. The molecule has 4 heteroatoms. The highest BCUT2D eigenvalue weighted by molar-refractivity contribution is 6.07. The molecule has 4 nitrogen and oxygen atoms in total. The molecule has 0 unspecified atom stereocenters. The second kappa shape index (κ2) is 7.31. The number of anilines is 1. The Morgan fingerprint density at radius 2 is 1.61 bits per heavy atom. The number of fused-ring (bicyclic) bond motifs is 1. The van der Waals surface area contributed by atoms with Crippen LogP contribution in [0.1, 0.15) is 34.1 Å². The molecule has 2 aromatic carbocycles. The van der Waals surface area contributed by atoms with Crippen LogP contribution in [-0.4, -0.2) is 15.3 Å². The van der Waals surface area contributed by atoms with Crippen LogP contribution in [0.15, 0.2) is 66.9 Å². The largest absolute Gasteiger partial charge is 0.321 e. The number of hydrogen-bond acceptors (Lipinski definition) is 2. The fraction of sp³-hybridized carbons (Fsp3) is 0.167. The molecular weight excluding hydrogens is 346 g/mol. The first-order chi connectivity index (χ1) is 13.5. The monoisotopic (exact) mass is 369 g/mol. The number of aromatic nitrogens is 2. The number of nitrogens with zero attached hydrogens (tertiary/aromatic N) is 2. The van der Waals surface area contributed by atoms with Crippen molar-refractivity contribution in [2.24, 2.45) is 0 Å². The van der Waals surface area contributed by atoms with Gasteiger partial charge in [0.25, 0.3) is 5.91 Å². The summed E-state index contributed by atoms with van der Waals surface area (Å²) in [6, 6.07) is 20.0. The molecule has 4 aromatic rings. The lowest BCUT2D eigenvalue weighted by atomic mass is 10.1. The zero-order chi connectivity index (χ0) is 19.7. The summed E-state index contributed by atoms with van der Waals surface area (Å²) in [7, 11) is 0. The molecule has 0 atom stereocenters. The second-order valence-electron chi connectivity index (χ2n) is 7.11. The zero-order valence-electron chi connectivity index (χ0n) is 16.4. The van der Waals surface area contributed by atoms with Crippen LogP contribution in [-0.2, 0) is 6.42 Å². The summed E-state index contributed by atoms with van der Waals surface area (Å²) < 4.78 is 1.88. The third-order valence-corrected chi connectivity index (χ3v) is 4.93. The molecule has 1 N–H and O–H groups in total. The van der Waals surface area contributed by atoms with Crippen LogP contribution in [0.4, 0.5) is 5.69 Å². The Bertz CT molecular complexity index is 1140. The quantitative estimate of drug-likeness (QED) is 0.521. The van der Waals surface area contributed by atoms with Gasteiger partial charge in [-0.15, -0.1) is 0 Å². The normalized spacial score (nSPS) is 11.0. The maximum Gasteiger partial charge on any atom is 0.274 e. The number of amides is 1. The lowest BCUT2D eigenvalue weighted by molar-refractivity contribution is 0.102. The molecule has 0 aliphatic carbocycles. The van der Waals surface area contributed by atoms with Crippen LogP contribution < -0.4 is 5.32 Å². The van der Waals surface area contributed by atoms with Crippen LogP contribution >= 0.6 is 0 Å². The number of carbonyl (C=O) groups excluding carboxylic acids is 1. The number of carbonyl (C=O) groups is 1. The number of hydrogen-bond donors (Lipinski definition) is 1. The highest BCUT2D eigenvalue weighted by atomic mass is 16.2. The van der Waals surface area contributed by atoms with E-state index in [4.69, 9.17) is 4.98 Å². The Kier molecular flexibility index (Phi) is 4.70. The average molecular weight is 369 g/mol. The van der Waals surface area contributed by atoms with Gasteiger partial charge in [0.05, 0.1) is 0 Å². The molecule has 1 amide bonds. The lowest BCUT2D eigenvalue weighted by Crippen LogP contribution is -2.15. The van der Waals surface area contributed by atoms with Gasteiger partial charge in [-0.1, -0.05) is 55.0 Å². The molecule has 0 bridgehead atoms. The summed E-state index contributed by atoms with van der Waals surface area (Å²) in [5.41, 5.74) is 7.18. The molecule has 28 heavy (non-hydrogen) atoms. The predicted octanol–water partition coefficient (Wildman–Crippen LogP) is 5.43. The van der Waals surface area contributed by atoms with Crippen LogP contribution in [0.2, 0.25) is 0 Å². The highest BCUT2D eigenvalue weighted by Gasteiger charge is 2.21. The average Bonchev–Trinajstić information content (AvgIpc) is 3.07. The van der Waals surface area contributed by atoms with Crippen molar-refractivity contribution in [2.75, 3.05) is 5.32 Å². The van der Waals surface area contributed by atoms with Crippen LogP contribution in [0.5, 0.6) is 0 Å². The van der Waals surface area contributed by atoms with Gasteiger partial charge >= 0.3 is 0 Å². The number of pyridine rings is 1. The van der Waals surface area contributed by atoms with Gasteiger partial charge in [-0.25, -0.2) is 4.98 Å². The van der Waals surface area contributed by atoms with Gasteiger partial charge in [0, 0.05) is 17.4 Å². The van der Waals surface area contributed by atoms with Crippen molar-refractivity contribution in [3.63, 3.8) is 0 Å². The van der Waals surface area contributed by atoms with Crippen molar-refractivity contribution in [1.82, 2.24) is 9.38 Å². The first kappa shape index (κ1) is 18.0. The van der Waals surface area contributed by atoms with E-state index in [0.717, 1.165) is 28.9 Å². The second-order valence-corrected chi connectivity index (χ2v) is 7.11. The van der Waals surface area contributed by atoms with Crippen molar-refractivity contribution in [2.45, 2.75) is 27.2 Å². The van der Waals surface area contributed by atoms with Crippen molar-refractivity contribution >= 4 is 17.2 Å². The van der Waals surface area contributed by atoms with Crippen LogP contribution in [0.25, 0.3) is 16.9 Å².